The highest BCUT2D eigenvalue weighted by atomic mass is 16.5. The van der Waals surface area contributed by atoms with E-state index in [-0.39, 0.29) is 18.8 Å². The lowest BCUT2D eigenvalue weighted by Crippen LogP contribution is -2.10. The van der Waals surface area contributed by atoms with E-state index >= 15 is 0 Å². The summed E-state index contributed by atoms with van der Waals surface area (Å²) in [4.78, 5) is 21.3. The Kier molecular flexibility index (Phi) is 13.0. The van der Waals surface area contributed by atoms with E-state index in [4.69, 9.17) is 0 Å². The van der Waals surface area contributed by atoms with Crippen LogP contribution in [0.5, 0.6) is 0 Å². The van der Waals surface area contributed by atoms with Gasteiger partial charge in [-0.25, -0.2) is 0 Å². The molecule has 0 aliphatic heterocycles. The summed E-state index contributed by atoms with van der Waals surface area (Å²) in [5.41, 5.74) is 0. The molecular formula is C11H20O3. The van der Waals surface area contributed by atoms with Gasteiger partial charge in [0.2, 0.25) is 0 Å². The fraction of sp³-hybridized carbons (Fsp3) is 0.636. The molecular weight excluding hydrogens is 180 g/mol. The molecule has 0 spiro atoms. The van der Waals surface area contributed by atoms with Gasteiger partial charge in [-0.1, -0.05) is 39.8 Å². The van der Waals surface area contributed by atoms with Gasteiger partial charge >= 0.3 is 5.97 Å². The summed E-state index contributed by atoms with van der Waals surface area (Å²) >= 11 is 0. The quantitative estimate of drug-likeness (QED) is 0.389. The Morgan fingerprint density at radius 2 is 1.79 bits per heavy atom. The van der Waals surface area contributed by atoms with Gasteiger partial charge in [0, 0.05) is 6.42 Å². The van der Waals surface area contributed by atoms with Crippen molar-refractivity contribution >= 4 is 11.8 Å². The van der Waals surface area contributed by atoms with Crippen LogP contribution in [0.2, 0.25) is 0 Å². The molecule has 0 fully saturated rings. The maximum atomic E-state index is 10.7. The van der Waals surface area contributed by atoms with Crippen molar-refractivity contribution in [3.05, 3.63) is 12.7 Å². The number of Topliss-reactive ketones (excluding diaryl/α,β-unsaturated/α-hetero) is 1. The second kappa shape index (κ2) is 11.9. The highest BCUT2D eigenvalue weighted by Crippen LogP contribution is 1.91. The third-order valence-electron chi connectivity index (χ3n) is 1.10. The van der Waals surface area contributed by atoms with Gasteiger partial charge in [-0.2, -0.15) is 0 Å². The number of carbonyl (C=O) groups excluding carboxylic acids is 2. The predicted molar refractivity (Wildman–Crippen MR) is 57.0 cm³/mol. The van der Waals surface area contributed by atoms with Crippen LogP contribution in [0.3, 0.4) is 0 Å². The van der Waals surface area contributed by atoms with Gasteiger partial charge in [0.15, 0.2) is 0 Å². The molecule has 0 bridgehead atoms. The molecule has 0 aliphatic carbocycles. The van der Waals surface area contributed by atoms with Crippen LogP contribution in [0.25, 0.3) is 0 Å². The monoisotopic (exact) mass is 200 g/mol. The lowest BCUT2D eigenvalue weighted by atomic mass is 10.2. The van der Waals surface area contributed by atoms with E-state index in [0.29, 0.717) is 6.42 Å². The average molecular weight is 200 g/mol. The number of hydrogen-bond donors (Lipinski definition) is 0. The Hall–Kier alpha value is -1.12. The zero-order valence-electron chi connectivity index (χ0n) is 9.34. The van der Waals surface area contributed by atoms with Gasteiger partial charge in [0.25, 0.3) is 0 Å². The number of ether oxygens (including phenoxy) is 1. The fourth-order valence-electron chi connectivity index (χ4n) is 0.489. The van der Waals surface area contributed by atoms with E-state index in [1.165, 1.54) is 12.5 Å². The molecule has 82 valence electrons. The molecule has 3 heteroatoms. The van der Waals surface area contributed by atoms with Gasteiger partial charge in [0.1, 0.15) is 18.8 Å². The molecule has 0 radical (unpaired) electrons. The summed E-state index contributed by atoms with van der Waals surface area (Å²) in [6.07, 6.45) is 2.97. The summed E-state index contributed by atoms with van der Waals surface area (Å²) < 4.78 is 4.59. The van der Waals surface area contributed by atoms with Crippen molar-refractivity contribution in [1.82, 2.24) is 0 Å². The van der Waals surface area contributed by atoms with Crippen LogP contribution in [0.15, 0.2) is 12.7 Å². The van der Waals surface area contributed by atoms with Gasteiger partial charge < -0.3 is 4.74 Å². The maximum Gasteiger partial charge on any atom is 0.313 e. The minimum Gasteiger partial charge on any atom is -0.461 e. The van der Waals surface area contributed by atoms with Crippen LogP contribution in [0.4, 0.5) is 0 Å². The maximum absolute atomic E-state index is 10.7. The van der Waals surface area contributed by atoms with Crippen LogP contribution in [-0.2, 0) is 14.3 Å². The topological polar surface area (TPSA) is 43.4 Å². The first kappa shape index (κ1) is 15.4. The molecule has 0 saturated heterocycles. The third-order valence-corrected chi connectivity index (χ3v) is 1.10. The molecule has 0 N–H and O–H groups in total. The van der Waals surface area contributed by atoms with E-state index in [0.717, 1.165) is 0 Å². The van der Waals surface area contributed by atoms with Crippen LogP contribution in [-0.4, -0.2) is 18.4 Å². The van der Waals surface area contributed by atoms with Crippen LogP contribution in [0, 0.1) is 0 Å². The Labute approximate surface area is 86.1 Å². The zero-order chi connectivity index (χ0) is 11.4. The first-order valence-electron chi connectivity index (χ1n) is 4.90. The summed E-state index contributed by atoms with van der Waals surface area (Å²) in [6, 6.07) is 0. The van der Waals surface area contributed by atoms with Crippen molar-refractivity contribution in [2.75, 3.05) is 6.61 Å². The lowest BCUT2D eigenvalue weighted by molar-refractivity contribution is -0.144. The van der Waals surface area contributed by atoms with E-state index in [1.807, 2.05) is 0 Å². The number of ketones is 1. The molecule has 0 rings (SSSR count). The Morgan fingerprint density at radius 1 is 1.29 bits per heavy atom. The van der Waals surface area contributed by atoms with Gasteiger partial charge in [0.05, 0.1) is 0 Å². The van der Waals surface area contributed by atoms with Crippen molar-refractivity contribution in [1.29, 1.82) is 0 Å². The molecule has 0 unspecified atom stereocenters. The van der Waals surface area contributed by atoms with E-state index in [2.05, 4.69) is 25.2 Å². The van der Waals surface area contributed by atoms with Crippen LogP contribution >= 0.6 is 0 Å². The molecule has 0 amide bonds. The fourth-order valence-corrected chi connectivity index (χ4v) is 0.489. The minimum atomic E-state index is -0.475. The smallest absolute Gasteiger partial charge is 0.313 e. The van der Waals surface area contributed by atoms with Gasteiger partial charge in [-0.05, 0) is 0 Å². The Morgan fingerprint density at radius 3 is 2.14 bits per heavy atom. The summed E-state index contributed by atoms with van der Waals surface area (Å²) in [5.74, 6) is -0.573. The van der Waals surface area contributed by atoms with Crippen molar-refractivity contribution in [2.45, 2.75) is 40.0 Å². The first-order chi connectivity index (χ1) is 6.62. The Bertz CT molecular complexity index is 173. The SMILES string of the molecule is C=CCOC(=O)CC(=O)CC.CCC. The third kappa shape index (κ3) is 13.5. The zero-order valence-corrected chi connectivity index (χ0v) is 9.34. The molecule has 0 atom stereocenters. The van der Waals surface area contributed by atoms with Crippen molar-refractivity contribution in [3.8, 4) is 0 Å². The van der Waals surface area contributed by atoms with Crippen LogP contribution in [0.1, 0.15) is 40.0 Å². The normalized spacial score (nSPS) is 8.21. The summed E-state index contributed by atoms with van der Waals surface area (Å²) in [5, 5.41) is 0. The summed E-state index contributed by atoms with van der Waals surface area (Å²) in [7, 11) is 0. The molecule has 0 aromatic carbocycles. The average Bonchev–Trinajstić information content (AvgIpc) is 2.15. The number of hydrogen-bond acceptors (Lipinski definition) is 3. The largest absolute Gasteiger partial charge is 0.461 e. The lowest BCUT2D eigenvalue weighted by Gasteiger charge is -1.98. The predicted octanol–water partition coefficient (Wildman–Crippen LogP) is 2.50. The second-order valence-electron chi connectivity index (χ2n) is 2.75. The molecule has 14 heavy (non-hydrogen) atoms. The van der Waals surface area contributed by atoms with E-state index in [1.54, 1.807) is 6.92 Å². The molecule has 0 heterocycles. The summed E-state index contributed by atoms with van der Waals surface area (Å²) in [6.45, 7) is 9.51. The van der Waals surface area contributed by atoms with E-state index < -0.39 is 5.97 Å². The number of esters is 1. The number of rotatable bonds is 5. The van der Waals surface area contributed by atoms with Gasteiger partial charge in [-0.3, -0.25) is 9.59 Å². The number of carbonyl (C=O) groups is 2. The first-order valence-corrected chi connectivity index (χ1v) is 4.90. The van der Waals surface area contributed by atoms with Crippen molar-refractivity contribution < 1.29 is 14.3 Å². The Balaban J connectivity index is 0. The second-order valence-corrected chi connectivity index (χ2v) is 2.75. The van der Waals surface area contributed by atoms with Crippen LogP contribution < -0.4 is 0 Å². The molecule has 3 nitrogen and oxygen atoms in total. The molecule has 0 aromatic heterocycles. The molecule has 0 aliphatic rings. The highest BCUT2D eigenvalue weighted by molar-refractivity contribution is 5.95. The van der Waals surface area contributed by atoms with Crippen molar-refractivity contribution in [2.24, 2.45) is 0 Å². The van der Waals surface area contributed by atoms with Gasteiger partial charge in [-0.15, -0.1) is 0 Å². The van der Waals surface area contributed by atoms with E-state index in [9.17, 15) is 9.59 Å². The molecule has 0 aromatic rings. The standard InChI is InChI=1S/C8H12O3.C3H8/c1-3-5-11-8(10)6-7(9)4-2;1-3-2/h3H,1,4-6H2,2H3;3H2,1-2H3. The molecule has 0 saturated carbocycles. The van der Waals surface area contributed by atoms with Crippen molar-refractivity contribution in [3.63, 3.8) is 0 Å². The minimum absolute atomic E-state index is 0.0981. The highest BCUT2D eigenvalue weighted by Gasteiger charge is 2.06.